The Balaban J connectivity index is 1.60. The molecule has 0 saturated carbocycles. The van der Waals surface area contributed by atoms with Crippen LogP contribution in [0, 0.1) is 17.1 Å². The van der Waals surface area contributed by atoms with E-state index in [1.54, 1.807) is 29.2 Å². The second-order valence-corrected chi connectivity index (χ2v) is 5.81. The standard InChI is InChI=1S/C20H17FN4O/c21-17-9-6-15(7-10-17)8-11-20(26)24-19(12-22)16-13-23-25(14-16)18-4-2-1-3-5-18/h1-7,9-10,13-14,19H,8,11H2,(H,24,26)/t19-/m0/s1. The van der Waals surface area contributed by atoms with Crippen molar-refractivity contribution in [2.24, 2.45) is 0 Å². The zero-order valence-corrected chi connectivity index (χ0v) is 14.0. The summed E-state index contributed by atoms with van der Waals surface area (Å²) in [4.78, 5) is 12.1. The number of aryl methyl sites for hydroxylation is 1. The minimum absolute atomic E-state index is 0.219. The first kappa shape index (κ1) is 17.4. The molecule has 0 aliphatic carbocycles. The minimum Gasteiger partial charge on any atom is -0.337 e. The molecule has 0 bridgehead atoms. The molecule has 3 rings (SSSR count). The van der Waals surface area contributed by atoms with Crippen LogP contribution in [0.25, 0.3) is 5.69 Å². The van der Waals surface area contributed by atoms with E-state index >= 15 is 0 Å². The number of nitriles is 1. The van der Waals surface area contributed by atoms with Crippen molar-refractivity contribution in [1.29, 1.82) is 5.26 Å². The Morgan fingerprint density at radius 1 is 1.19 bits per heavy atom. The molecule has 0 aliphatic heterocycles. The van der Waals surface area contributed by atoms with Gasteiger partial charge in [-0.25, -0.2) is 9.07 Å². The molecule has 1 aromatic heterocycles. The zero-order valence-electron chi connectivity index (χ0n) is 14.0. The van der Waals surface area contributed by atoms with Crippen molar-refractivity contribution in [1.82, 2.24) is 15.1 Å². The fraction of sp³-hybridized carbons (Fsp3) is 0.150. The average molecular weight is 348 g/mol. The maximum Gasteiger partial charge on any atom is 0.221 e. The Bertz CT molecular complexity index is 913. The van der Waals surface area contributed by atoms with Gasteiger partial charge in [0, 0.05) is 18.2 Å². The van der Waals surface area contributed by atoms with Gasteiger partial charge >= 0.3 is 0 Å². The molecule has 1 amide bonds. The van der Waals surface area contributed by atoms with E-state index in [4.69, 9.17) is 0 Å². The van der Waals surface area contributed by atoms with E-state index in [1.807, 2.05) is 30.3 Å². The maximum absolute atomic E-state index is 12.9. The summed E-state index contributed by atoms with van der Waals surface area (Å²) in [6.07, 6.45) is 3.99. The lowest BCUT2D eigenvalue weighted by atomic mass is 10.1. The summed E-state index contributed by atoms with van der Waals surface area (Å²) in [7, 11) is 0. The summed E-state index contributed by atoms with van der Waals surface area (Å²) in [6.45, 7) is 0. The van der Waals surface area contributed by atoms with E-state index in [0.29, 0.717) is 12.0 Å². The lowest BCUT2D eigenvalue weighted by molar-refractivity contribution is -0.121. The monoisotopic (exact) mass is 348 g/mol. The van der Waals surface area contributed by atoms with Crippen LogP contribution in [0.4, 0.5) is 4.39 Å². The summed E-state index contributed by atoms with van der Waals surface area (Å²) in [5, 5.41) is 16.3. The van der Waals surface area contributed by atoms with Crippen molar-refractivity contribution in [2.75, 3.05) is 0 Å². The van der Waals surface area contributed by atoms with E-state index in [2.05, 4.69) is 16.5 Å². The Labute approximate surface area is 150 Å². The molecular formula is C20H17FN4O. The molecule has 26 heavy (non-hydrogen) atoms. The molecule has 0 fully saturated rings. The molecule has 3 aromatic rings. The highest BCUT2D eigenvalue weighted by molar-refractivity contribution is 5.77. The molecule has 0 aliphatic rings. The zero-order chi connectivity index (χ0) is 18.4. The number of carbonyl (C=O) groups is 1. The molecule has 0 saturated heterocycles. The van der Waals surface area contributed by atoms with Crippen molar-refractivity contribution < 1.29 is 9.18 Å². The van der Waals surface area contributed by atoms with E-state index < -0.39 is 6.04 Å². The van der Waals surface area contributed by atoms with E-state index in [0.717, 1.165) is 11.3 Å². The van der Waals surface area contributed by atoms with Crippen molar-refractivity contribution in [3.63, 3.8) is 0 Å². The lowest BCUT2D eigenvalue weighted by Gasteiger charge is -2.10. The number of nitrogens with one attached hydrogen (secondary N) is 1. The SMILES string of the molecule is N#C[C@H](NC(=O)CCc1ccc(F)cc1)c1cnn(-c2ccccc2)c1. The first-order chi connectivity index (χ1) is 12.7. The molecule has 0 unspecified atom stereocenters. The third-order valence-electron chi connectivity index (χ3n) is 3.95. The Morgan fingerprint density at radius 2 is 1.92 bits per heavy atom. The van der Waals surface area contributed by atoms with Gasteiger partial charge < -0.3 is 5.32 Å². The fourth-order valence-electron chi connectivity index (χ4n) is 2.54. The highest BCUT2D eigenvalue weighted by Gasteiger charge is 2.16. The van der Waals surface area contributed by atoms with Crippen LogP contribution in [0.3, 0.4) is 0 Å². The molecule has 1 heterocycles. The van der Waals surface area contributed by atoms with Gasteiger partial charge in [0.15, 0.2) is 0 Å². The molecule has 2 aromatic carbocycles. The van der Waals surface area contributed by atoms with Gasteiger partial charge in [-0.05, 0) is 36.2 Å². The summed E-state index contributed by atoms with van der Waals surface area (Å²) < 4.78 is 14.5. The van der Waals surface area contributed by atoms with Gasteiger partial charge in [0.25, 0.3) is 0 Å². The average Bonchev–Trinajstić information content (AvgIpc) is 3.16. The third-order valence-corrected chi connectivity index (χ3v) is 3.95. The quantitative estimate of drug-likeness (QED) is 0.743. The molecule has 0 spiro atoms. The maximum atomic E-state index is 12.9. The number of halogens is 1. The Hall–Kier alpha value is -3.46. The minimum atomic E-state index is -0.770. The number of carbonyl (C=O) groups excluding carboxylic acids is 1. The highest BCUT2D eigenvalue weighted by Crippen LogP contribution is 2.15. The van der Waals surface area contributed by atoms with Crippen molar-refractivity contribution in [3.8, 4) is 11.8 Å². The topological polar surface area (TPSA) is 70.7 Å². The summed E-state index contributed by atoms with van der Waals surface area (Å²) in [5.41, 5.74) is 2.36. The summed E-state index contributed by atoms with van der Waals surface area (Å²) in [5.74, 6) is -0.550. The molecule has 1 atom stereocenters. The largest absolute Gasteiger partial charge is 0.337 e. The van der Waals surface area contributed by atoms with Gasteiger partial charge in [-0.2, -0.15) is 10.4 Å². The summed E-state index contributed by atoms with van der Waals surface area (Å²) >= 11 is 0. The first-order valence-electron chi connectivity index (χ1n) is 8.19. The van der Waals surface area contributed by atoms with Crippen LogP contribution in [-0.4, -0.2) is 15.7 Å². The molecule has 6 heteroatoms. The van der Waals surface area contributed by atoms with Crippen LogP contribution in [0.1, 0.15) is 23.6 Å². The number of amides is 1. The number of aromatic nitrogens is 2. The Morgan fingerprint density at radius 3 is 2.62 bits per heavy atom. The lowest BCUT2D eigenvalue weighted by Crippen LogP contribution is -2.27. The second kappa shape index (κ2) is 8.08. The van der Waals surface area contributed by atoms with Gasteiger partial charge in [0.05, 0.1) is 18.0 Å². The van der Waals surface area contributed by atoms with Crippen molar-refractivity contribution in [2.45, 2.75) is 18.9 Å². The van der Waals surface area contributed by atoms with E-state index in [9.17, 15) is 14.4 Å². The van der Waals surface area contributed by atoms with Gasteiger partial charge in [0.2, 0.25) is 5.91 Å². The van der Waals surface area contributed by atoms with E-state index in [1.165, 1.54) is 12.1 Å². The van der Waals surface area contributed by atoms with Crippen LogP contribution in [0.5, 0.6) is 0 Å². The molecular weight excluding hydrogens is 331 g/mol. The number of nitrogens with zero attached hydrogens (tertiary/aromatic N) is 3. The third kappa shape index (κ3) is 4.33. The van der Waals surface area contributed by atoms with Gasteiger partial charge in [-0.1, -0.05) is 30.3 Å². The molecule has 130 valence electrons. The number of hydrogen-bond acceptors (Lipinski definition) is 3. The fourth-order valence-corrected chi connectivity index (χ4v) is 2.54. The van der Waals surface area contributed by atoms with Crippen molar-refractivity contribution in [3.05, 3.63) is 83.9 Å². The van der Waals surface area contributed by atoms with Crippen LogP contribution in [0.15, 0.2) is 67.0 Å². The predicted molar refractivity (Wildman–Crippen MR) is 94.8 cm³/mol. The van der Waals surface area contributed by atoms with Crippen molar-refractivity contribution >= 4 is 5.91 Å². The molecule has 1 N–H and O–H groups in total. The van der Waals surface area contributed by atoms with E-state index in [-0.39, 0.29) is 18.1 Å². The number of rotatable bonds is 6. The second-order valence-electron chi connectivity index (χ2n) is 5.81. The number of hydrogen-bond donors (Lipinski definition) is 1. The smallest absolute Gasteiger partial charge is 0.221 e. The van der Waals surface area contributed by atoms with Gasteiger partial charge in [-0.3, -0.25) is 4.79 Å². The van der Waals surface area contributed by atoms with Gasteiger partial charge in [0.1, 0.15) is 11.9 Å². The Kier molecular flexibility index (Phi) is 5.40. The number of para-hydroxylation sites is 1. The van der Waals surface area contributed by atoms with Crippen LogP contribution in [0.2, 0.25) is 0 Å². The van der Waals surface area contributed by atoms with Crippen LogP contribution < -0.4 is 5.32 Å². The highest BCUT2D eigenvalue weighted by atomic mass is 19.1. The molecule has 5 nitrogen and oxygen atoms in total. The first-order valence-corrected chi connectivity index (χ1v) is 8.19. The number of benzene rings is 2. The van der Waals surface area contributed by atoms with Gasteiger partial charge in [-0.15, -0.1) is 0 Å². The molecule has 0 radical (unpaired) electrons. The predicted octanol–water partition coefficient (Wildman–Crippen LogP) is 3.33. The summed E-state index contributed by atoms with van der Waals surface area (Å²) in [6, 6.07) is 16.8. The van der Waals surface area contributed by atoms with Crippen LogP contribution in [-0.2, 0) is 11.2 Å². The normalized spacial score (nSPS) is 11.5. The van der Waals surface area contributed by atoms with Crippen LogP contribution >= 0.6 is 0 Å².